The first-order valence-corrected chi connectivity index (χ1v) is 6.69. The van der Waals surface area contributed by atoms with Crippen molar-refractivity contribution in [1.82, 2.24) is 0 Å². The Bertz CT molecular complexity index is 424. The van der Waals surface area contributed by atoms with E-state index in [9.17, 15) is 4.79 Å². The van der Waals surface area contributed by atoms with Gasteiger partial charge in [0.1, 0.15) is 12.2 Å². The molecular weight excluding hydrogens is 268 g/mol. The van der Waals surface area contributed by atoms with E-state index in [1.54, 1.807) is 6.07 Å². The van der Waals surface area contributed by atoms with E-state index in [0.29, 0.717) is 24.7 Å². The molecule has 0 bridgehead atoms. The lowest BCUT2D eigenvalue weighted by Gasteiger charge is -2.33. The molecule has 4 nitrogen and oxygen atoms in total. The number of hydrogen-bond acceptors (Lipinski definition) is 4. The Kier molecular flexibility index (Phi) is 5.34. The first-order chi connectivity index (χ1) is 9.24. The Morgan fingerprint density at radius 1 is 1.47 bits per heavy atom. The number of carbonyl (C=O) groups is 1. The summed E-state index contributed by atoms with van der Waals surface area (Å²) < 4.78 is 16.6. The number of benzene rings is 1. The minimum Gasteiger partial charge on any atom is -0.368 e. The van der Waals surface area contributed by atoms with E-state index in [2.05, 4.69) is 0 Å². The molecule has 2 rings (SSSR count). The first kappa shape index (κ1) is 14.5. The summed E-state index contributed by atoms with van der Waals surface area (Å²) in [5, 5.41) is 0.647. The maximum absolute atomic E-state index is 11.0. The molecule has 1 aliphatic rings. The summed E-state index contributed by atoms with van der Waals surface area (Å²) in [6.07, 6.45) is 0.178. The SMILES string of the molecule is CC[C@H]1OC[C@@H](OCc2ccccc2Cl)[C@@H](C=O)O1. The molecular formula is C14H17ClO4. The Balaban J connectivity index is 1.92. The molecule has 19 heavy (non-hydrogen) atoms. The van der Waals surface area contributed by atoms with E-state index in [1.165, 1.54) is 0 Å². The molecule has 3 atom stereocenters. The highest BCUT2D eigenvalue weighted by molar-refractivity contribution is 6.31. The number of hydrogen-bond donors (Lipinski definition) is 0. The quantitative estimate of drug-likeness (QED) is 0.780. The second-order valence-corrected chi connectivity index (χ2v) is 4.76. The van der Waals surface area contributed by atoms with Crippen LogP contribution in [0.1, 0.15) is 18.9 Å². The highest BCUT2D eigenvalue weighted by Crippen LogP contribution is 2.20. The standard InChI is InChI=1S/C14H17ClO4/c1-2-14-18-9-13(12(7-16)19-14)17-8-10-5-3-4-6-11(10)15/h3-7,12-14H,2,8-9H2,1H3/t12-,13-,14+/m1/s1. The van der Waals surface area contributed by atoms with Gasteiger partial charge in [-0.15, -0.1) is 0 Å². The molecule has 0 aromatic heterocycles. The fourth-order valence-corrected chi connectivity index (χ4v) is 2.08. The van der Waals surface area contributed by atoms with Crippen LogP contribution in [0.5, 0.6) is 0 Å². The maximum Gasteiger partial charge on any atom is 0.158 e. The topological polar surface area (TPSA) is 44.8 Å². The first-order valence-electron chi connectivity index (χ1n) is 6.32. The van der Waals surface area contributed by atoms with Gasteiger partial charge in [-0.3, -0.25) is 0 Å². The van der Waals surface area contributed by atoms with Gasteiger partial charge in [-0.05, 0) is 18.1 Å². The number of carbonyl (C=O) groups excluding carboxylic acids is 1. The van der Waals surface area contributed by atoms with Crippen molar-refractivity contribution in [3.05, 3.63) is 34.9 Å². The number of aldehydes is 1. The Hall–Kier alpha value is -0.940. The molecule has 1 heterocycles. The molecule has 5 heteroatoms. The van der Waals surface area contributed by atoms with Crippen molar-refractivity contribution in [2.75, 3.05) is 6.61 Å². The molecule has 0 aliphatic carbocycles. The smallest absolute Gasteiger partial charge is 0.158 e. The van der Waals surface area contributed by atoms with Gasteiger partial charge in [0.25, 0.3) is 0 Å². The van der Waals surface area contributed by atoms with Gasteiger partial charge >= 0.3 is 0 Å². The molecule has 1 aromatic rings. The number of ether oxygens (including phenoxy) is 3. The van der Waals surface area contributed by atoms with E-state index < -0.39 is 12.2 Å². The summed E-state index contributed by atoms with van der Waals surface area (Å²) >= 11 is 6.05. The van der Waals surface area contributed by atoms with Gasteiger partial charge in [-0.25, -0.2) is 0 Å². The molecule has 0 radical (unpaired) electrons. The van der Waals surface area contributed by atoms with Crippen LogP contribution in [0.2, 0.25) is 5.02 Å². The molecule has 1 aliphatic heterocycles. The van der Waals surface area contributed by atoms with Gasteiger partial charge < -0.3 is 19.0 Å². The fourth-order valence-electron chi connectivity index (χ4n) is 1.89. The molecule has 1 saturated heterocycles. The molecule has 0 spiro atoms. The molecule has 0 amide bonds. The van der Waals surface area contributed by atoms with Gasteiger partial charge in [-0.2, -0.15) is 0 Å². The van der Waals surface area contributed by atoms with Gasteiger partial charge in [-0.1, -0.05) is 36.7 Å². The summed E-state index contributed by atoms with van der Waals surface area (Å²) in [6, 6.07) is 7.44. The lowest BCUT2D eigenvalue weighted by atomic mass is 10.2. The highest BCUT2D eigenvalue weighted by atomic mass is 35.5. The van der Waals surface area contributed by atoms with E-state index in [4.69, 9.17) is 25.8 Å². The van der Waals surface area contributed by atoms with Gasteiger partial charge in [0, 0.05) is 5.02 Å². The monoisotopic (exact) mass is 284 g/mol. The molecule has 0 unspecified atom stereocenters. The predicted molar refractivity (Wildman–Crippen MR) is 71.0 cm³/mol. The van der Waals surface area contributed by atoms with Crippen LogP contribution >= 0.6 is 11.6 Å². The van der Waals surface area contributed by atoms with Crippen LogP contribution in [0.3, 0.4) is 0 Å². The van der Waals surface area contributed by atoms with E-state index in [1.807, 2.05) is 25.1 Å². The zero-order chi connectivity index (χ0) is 13.7. The summed E-state index contributed by atoms with van der Waals surface area (Å²) in [5.74, 6) is 0. The zero-order valence-corrected chi connectivity index (χ0v) is 11.5. The third kappa shape index (κ3) is 3.76. The zero-order valence-electron chi connectivity index (χ0n) is 10.8. The minimum absolute atomic E-state index is 0.324. The van der Waals surface area contributed by atoms with Crippen LogP contribution in [-0.4, -0.2) is 31.4 Å². The fraction of sp³-hybridized carbons (Fsp3) is 0.500. The van der Waals surface area contributed by atoms with Crippen LogP contribution < -0.4 is 0 Å². The lowest BCUT2D eigenvalue weighted by Crippen LogP contribution is -2.45. The second kappa shape index (κ2) is 7.01. The summed E-state index contributed by atoms with van der Waals surface area (Å²) in [6.45, 7) is 2.63. The van der Waals surface area contributed by atoms with Crippen molar-refractivity contribution in [2.45, 2.75) is 38.4 Å². The van der Waals surface area contributed by atoms with E-state index in [0.717, 1.165) is 11.8 Å². The Morgan fingerprint density at radius 3 is 2.95 bits per heavy atom. The normalized spacial score (nSPS) is 27.2. The lowest BCUT2D eigenvalue weighted by molar-refractivity contribution is -0.253. The number of rotatable bonds is 5. The summed E-state index contributed by atoms with van der Waals surface area (Å²) in [4.78, 5) is 11.0. The van der Waals surface area contributed by atoms with Crippen LogP contribution in [0.4, 0.5) is 0 Å². The van der Waals surface area contributed by atoms with Gasteiger partial charge in [0.15, 0.2) is 12.6 Å². The molecule has 0 saturated carbocycles. The van der Waals surface area contributed by atoms with Gasteiger partial charge in [0.2, 0.25) is 0 Å². The van der Waals surface area contributed by atoms with Crippen LogP contribution in [0.25, 0.3) is 0 Å². The van der Waals surface area contributed by atoms with Crippen LogP contribution in [0, 0.1) is 0 Å². The van der Waals surface area contributed by atoms with Gasteiger partial charge in [0.05, 0.1) is 13.2 Å². The van der Waals surface area contributed by atoms with Crippen molar-refractivity contribution >= 4 is 17.9 Å². The predicted octanol–water partition coefficient (Wildman–Crippen LogP) is 2.58. The highest BCUT2D eigenvalue weighted by Gasteiger charge is 2.31. The average molecular weight is 285 g/mol. The maximum atomic E-state index is 11.0. The summed E-state index contributed by atoms with van der Waals surface area (Å²) in [5.41, 5.74) is 0.881. The van der Waals surface area contributed by atoms with E-state index in [-0.39, 0.29) is 6.29 Å². The van der Waals surface area contributed by atoms with Crippen molar-refractivity contribution in [1.29, 1.82) is 0 Å². The van der Waals surface area contributed by atoms with Crippen molar-refractivity contribution < 1.29 is 19.0 Å². The third-order valence-corrected chi connectivity index (χ3v) is 3.37. The third-order valence-electron chi connectivity index (χ3n) is 3.00. The van der Waals surface area contributed by atoms with Crippen LogP contribution in [-0.2, 0) is 25.6 Å². The van der Waals surface area contributed by atoms with Crippen LogP contribution in [0.15, 0.2) is 24.3 Å². The van der Waals surface area contributed by atoms with Crippen molar-refractivity contribution in [2.24, 2.45) is 0 Å². The second-order valence-electron chi connectivity index (χ2n) is 4.35. The summed E-state index contributed by atoms with van der Waals surface area (Å²) in [7, 11) is 0. The number of halogens is 1. The minimum atomic E-state index is -0.582. The Morgan fingerprint density at radius 2 is 2.26 bits per heavy atom. The van der Waals surface area contributed by atoms with E-state index >= 15 is 0 Å². The average Bonchev–Trinajstić information content (AvgIpc) is 2.46. The molecule has 1 fully saturated rings. The van der Waals surface area contributed by atoms with Crippen molar-refractivity contribution in [3.8, 4) is 0 Å². The molecule has 1 aromatic carbocycles. The Labute approximate surface area is 117 Å². The molecule has 0 N–H and O–H groups in total. The molecule has 104 valence electrons. The largest absolute Gasteiger partial charge is 0.368 e. The van der Waals surface area contributed by atoms with Crippen molar-refractivity contribution in [3.63, 3.8) is 0 Å².